The number of anilines is 1. The molecule has 2 N–H and O–H groups in total. The van der Waals surface area contributed by atoms with Crippen LogP contribution in [0.25, 0.3) is 0 Å². The van der Waals surface area contributed by atoms with E-state index >= 15 is 0 Å². The second-order valence-corrected chi connectivity index (χ2v) is 4.29. The van der Waals surface area contributed by atoms with E-state index in [9.17, 15) is 14.7 Å². The molecule has 18 heavy (non-hydrogen) atoms. The topological polar surface area (TPSA) is 69.6 Å². The molecule has 0 aromatic heterocycles. The van der Waals surface area contributed by atoms with E-state index in [2.05, 4.69) is 5.32 Å². The lowest BCUT2D eigenvalue weighted by Gasteiger charge is -2.18. The molecular formula is C13H18N2O3. The van der Waals surface area contributed by atoms with Crippen molar-refractivity contribution >= 4 is 17.5 Å². The van der Waals surface area contributed by atoms with Crippen molar-refractivity contribution in [1.29, 1.82) is 0 Å². The number of hydrogen-bond donors (Lipinski definition) is 2. The highest BCUT2D eigenvalue weighted by atomic mass is 16.3. The molecule has 1 aromatic rings. The van der Waals surface area contributed by atoms with Crippen molar-refractivity contribution < 1.29 is 14.7 Å². The van der Waals surface area contributed by atoms with Gasteiger partial charge in [0.2, 0.25) is 5.91 Å². The third-order valence-electron chi connectivity index (χ3n) is 2.34. The maximum absolute atomic E-state index is 11.9. The third kappa shape index (κ3) is 4.18. The average Bonchev–Trinajstić information content (AvgIpc) is 2.27. The van der Waals surface area contributed by atoms with E-state index in [1.54, 1.807) is 38.2 Å². The molecule has 98 valence electrons. The Balaban J connectivity index is 2.72. The number of aliphatic hydroxyl groups is 1. The van der Waals surface area contributed by atoms with Gasteiger partial charge in [-0.15, -0.1) is 0 Å². The molecule has 0 heterocycles. The zero-order chi connectivity index (χ0) is 13.7. The number of nitrogens with one attached hydrogen (secondary N) is 1. The minimum atomic E-state index is -0.558. The van der Waals surface area contributed by atoms with Crippen LogP contribution in [0.15, 0.2) is 24.3 Å². The number of hydrogen-bond acceptors (Lipinski definition) is 3. The molecule has 0 saturated heterocycles. The molecule has 2 amide bonds. The summed E-state index contributed by atoms with van der Waals surface area (Å²) in [5, 5.41) is 11.8. The molecular weight excluding hydrogens is 232 g/mol. The van der Waals surface area contributed by atoms with Crippen LogP contribution in [0.4, 0.5) is 5.69 Å². The summed E-state index contributed by atoms with van der Waals surface area (Å²) in [6.07, 6.45) is -0.558. The summed E-state index contributed by atoms with van der Waals surface area (Å²) in [6, 6.07) is 6.63. The van der Waals surface area contributed by atoms with Gasteiger partial charge in [0.1, 0.15) is 0 Å². The standard InChI is InChI=1S/C13H18N2O3/c1-9(16)8-15(3)13(18)11-4-6-12(7-5-11)14-10(2)17/h4-7,9,16H,8H2,1-3H3,(H,14,17). The van der Waals surface area contributed by atoms with E-state index in [0.717, 1.165) is 0 Å². The van der Waals surface area contributed by atoms with E-state index in [0.29, 0.717) is 11.3 Å². The molecule has 1 aromatic carbocycles. The Bertz CT molecular complexity index is 426. The molecule has 0 aliphatic carbocycles. The van der Waals surface area contributed by atoms with Crippen LogP contribution >= 0.6 is 0 Å². The van der Waals surface area contributed by atoms with Gasteiger partial charge in [0.15, 0.2) is 0 Å². The van der Waals surface area contributed by atoms with Gasteiger partial charge < -0.3 is 15.3 Å². The highest BCUT2D eigenvalue weighted by molar-refractivity contribution is 5.95. The largest absolute Gasteiger partial charge is 0.392 e. The number of likely N-dealkylation sites (N-methyl/N-ethyl adjacent to an activating group) is 1. The Morgan fingerprint density at radius 3 is 2.33 bits per heavy atom. The molecule has 1 rings (SSSR count). The first-order valence-corrected chi connectivity index (χ1v) is 5.71. The molecule has 0 aliphatic heterocycles. The molecule has 0 radical (unpaired) electrons. The molecule has 5 heteroatoms. The second-order valence-electron chi connectivity index (χ2n) is 4.29. The van der Waals surface area contributed by atoms with E-state index in [1.165, 1.54) is 11.8 Å². The number of rotatable bonds is 4. The van der Waals surface area contributed by atoms with Crippen molar-refractivity contribution in [2.24, 2.45) is 0 Å². The minimum absolute atomic E-state index is 0.153. The number of amides is 2. The second kappa shape index (κ2) is 6.16. The van der Waals surface area contributed by atoms with Crippen LogP contribution in [-0.2, 0) is 4.79 Å². The van der Waals surface area contributed by atoms with Crippen LogP contribution in [0, 0.1) is 0 Å². The Morgan fingerprint density at radius 2 is 1.89 bits per heavy atom. The van der Waals surface area contributed by atoms with Crippen LogP contribution in [0.3, 0.4) is 0 Å². The summed E-state index contributed by atoms with van der Waals surface area (Å²) in [4.78, 5) is 24.2. The van der Waals surface area contributed by atoms with Gasteiger partial charge in [0.25, 0.3) is 5.91 Å². The summed E-state index contributed by atoms with van der Waals surface area (Å²) in [5.74, 6) is -0.314. The van der Waals surface area contributed by atoms with Gasteiger partial charge in [-0.2, -0.15) is 0 Å². The lowest BCUT2D eigenvalue weighted by molar-refractivity contribution is -0.114. The molecule has 1 unspecified atom stereocenters. The van der Waals surface area contributed by atoms with Crippen LogP contribution < -0.4 is 5.32 Å². The van der Waals surface area contributed by atoms with Crippen molar-refractivity contribution in [3.8, 4) is 0 Å². The van der Waals surface area contributed by atoms with Gasteiger partial charge in [0, 0.05) is 31.8 Å². The predicted octanol–water partition coefficient (Wildman–Crippen LogP) is 1.10. The van der Waals surface area contributed by atoms with Crippen LogP contribution in [0.2, 0.25) is 0 Å². The SMILES string of the molecule is CC(=O)Nc1ccc(C(=O)N(C)CC(C)O)cc1. The van der Waals surface area contributed by atoms with Gasteiger partial charge in [-0.05, 0) is 31.2 Å². The van der Waals surface area contributed by atoms with Crippen molar-refractivity contribution in [2.45, 2.75) is 20.0 Å². The van der Waals surface area contributed by atoms with Crippen LogP contribution in [-0.4, -0.2) is 41.5 Å². The molecule has 0 aliphatic rings. The van der Waals surface area contributed by atoms with Gasteiger partial charge in [-0.3, -0.25) is 9.59 Å². The van der Waals surface area contributed by atoms with E-state index in [1.807, 2.05) is 0 Å². The minimum Gasteiger partial charge on any atom is -0.392 e. The molecule has 5 nitrogen and oxygen atoms in total. The highest BCUT2D eigenvalue weighted by Gasteiger charge is 2.13. The summed E-state index contributed by atoms with van der Waals surface area (Å²) >= 11 is 0. The van der Waals surface area contributed by atoms with Gasteiger partial charge in [-0.25, -0.2) is 0 Å². The van der Waals surface area contributed by atoms with E-state index in [-0.39, 0.29) is 18.4 Å². The lowest BCUT2D eigenvalue weighted by Crippen LogP contribution is -2.33. The predicted molar refractivity (Wildman–Crippen MR) is 69.4 cm³/mol. The highest BCUT2D eigenvalue weighted by Crippen LogP contribution is 2.11. The number of nitrogens with zero attached hydrogens (tertiary/aromatic N) is 1. The molecule has 0 spiro atoms. The fraction of sp³-hybridized carbons (Fsp3) is 0.385. The fourth-order valence-electron chi connectivity index (χ4n) is 1.60. The van der Waals surface area contributed by atoms with Crippen LogP contribution in [0.5, 0.6) is 0 Å². The summed E-state index contributed by atoms with van der Waals surface area (Å²) in [6.45, 7) is 3.34. The van der Waals surface area contributed by atoms with Crippen molar-refractivity contribution in [1.82, 2.24) is 4.90 Å². The van der Waals surface area contributed by atoms with E-state index < -0.39 is 6.10 Å². The fourth-order valence-corrected chi connectivity index (χ4v) is 1.60. The Morgan fingerprint density at radius 1 is 1.33 bits per heavy atom. The van der Waals surface area contributed by atoms with E-state index in [4.69, 9.17) is 0 Å². The molecule has 1 atom stereocenters. The zero-order valence-corrected chi connectivity index (χ0v) is 10.8. The maximum atomic E-state index is 11.9. The third-order valence-corrected chi connectivity index (χ3v) is 2.34. The molecule has 0 saturated carbocycles. The maximum Gasteiger partial charge on any atom is 0.253 e. The lowest BCUT2D eigenvalue weighted by atomic mass is 10.1. The van der Waals surface area contributed by atoms with Crippen molar-refractivity contribution in [2.75, 3.05) is 18.9 Å². The number of aliphatic hydroxyl groups excluding tert-OH is 1. The first-order valence-electron chi connectivity index (χ1n) is 5.71. The Hall–Kier alpha value is -1.88. The number of carbonyl (C=O) groups is 2. The molecule has 0 bridgehead atoms. The number of carbonyl (C=O) groups excluding carboxylic acids is 2. The summed E-state index contributed by atoms with van der Waals surface area (Å²) < 4.78 is 0. The zero-order valence-electron chi connectivity index (χ0n) is 10.8. The molecule has 0 fully saturated rings. The monoisotopic (exact) mass is 250 g/mol. The van der Waals surface area contributed by atoms with Gasteiger partial charge >= 0.3 is 0 Å². The number of benzene rings is 1. The smallest absolute Gasteiger partial charge is 0.253 e. The van der Waals surface area contributed by atoms with Crippen molar-refractivity contribution in [3.63, 3.8) is 0 Å². The van der Waals surface area contributed by atoms with Gasteiger partial charge in [-0.1, -0.05) is 0 Å². The summed E-state index contributed by atoms with van der Waals surface area (Å²) in [5.41, 5.74) is 1.17. The van der Waals surface area contributed by atoms with Crippen LogP contribution in [0.1, 0.15) is 24.2 Å². The Labute approximate surface area is 106 Å². The average molecular weight is 250 g/mol. The van der Waals surface area contributed by atoms with Crippen molar-refractivity contribution in [3.05, 3.63) is 29.8 Å². The van der Waals surface area contributed by atoms with Gasteiger partial charge in [0.05, 0.1) is 6.10 Å². The first kappa shape index (κ1) is 14.2. The first-order chi connectivity index (χ1) is 8.40. The Kier molecular flexibility index (Phi) is 4.85. The quantitative estimate of drug-likeness (QED) is 0.840. The summed E-state index contributed by atoms with van der Waals surface area (Å²) in [7, 11) is 1.64. The normalized spacial score (nSPS) is 11.8.